The molecule has 2 heterocycles. The lowest BCUT2D eigenvalue weighted by molar-refractivity contribution is 0.00472. The summed E-state index contributed by atoms with van der Waals surface area (Å²) in [6, 6.07) is 0.305. The third-order valence-corrected chi connectivity index (χ3v) is 4.37. The summed E-state index contributed by atoms with van der Waals surface area (Å²) in [7, 11) is 1.67. The second-order valence-electron chi connectivity index (χ2n) is 5.97. The molecule has 0 aromatic rings. The molecule has 7 heteroatoms. The monoisotopic (exact) mass is 330 g/mol. The van der Waals surface area contributed by atoms with Gasteiger partial charge in [0.15, 0.2) is 0 Å². The molecule has 2 fully saturated rings. The lowest BCUT2D eigenvalue weighted by atomic mass is 10.0. The van der Waals surface area contributed by atoms with Crippen molar-refractivity contribution >= 4 is 6.09 Å². The van der Waals surface area contributed by atoms with Crippen molar-refractivity contribution in [3.8, 4) is 0 Å². The van der Waals surface area contributed by atoms with Crippen LogP contribution in [0, 0.1) is 0 Å². The highest BCUT2D eigenvalue weighted by Gasteiger charge is 2.25. The number of methoxy groups -OCH3 is 1. The second-order valence-corrected chi connectivity index (χ2v) is 5.97. The number of ether oxygens (including phenoxy) is 4. The number of rotatable bonds is 8. The van der Waals surface area contributed by atoms with E-state index in [2.05, 4.69) is 4.90 Å². The number of nitrogens with zero attached hydrogens (tertiary/aromatic N) is 2. The number of hydrogen-bond acceptors (Lipinski definition) is 6. The Morgan fingerprint density at radius 3 is 2.74 bits per heavy atom. The van der Waals surface area contributed by atoms with Crippen LogP contribution in [-0.4, -0.2) is 94.9 Å². The molecule has 0 spiro atoms. The average molecular weight is 330 g/mol. The van der Waals surface area contributed by atoms with Gasteiger partial charge in [0, 0.05) is 32.8 Å². The lowest BCUT2D eigenvalue weighted by Gasteiger charge is -2.35. The van der Waals surface area contributed by atoms with Crippen molar-refractivity contribution in [3.05, 3.63) is 0 Å². The summed E-state index contributed by atoms with van der Waals surface area (Å²) < 4.78 is 21.3. The standard InChI is InChI=1S/C16H30N2O5/c1-20-12-13-22-9-6-17-5-3-2-4-15(17)14-23-16(19)18-7-10-21-11-8-18/h15H,2-14H2,1H3. The Morgan fingerprint density at radius 2 is 1.96 bits per heavy atom. The SMILES string of the molecule is COCCOCCN1CCCCC1COC(=O)N1CCOCC1. The van der Waals surface area contributed by atoms with E-state index in [0.717, 1.165) is 19.5 Å². The zero-order valence-electron chi connectivity index (χ0n) is 14.2. The van der Waals surface area contributed by atoms with Crippen LogP contribution in [0.2, 0.25) is 0 Å². The van der Waals surface area contributed by atoms with Crippen molar-refractivity contribution in [1.82, 2.24) is 9.80 Å². The molecule has 23 heavy (non-hydrogen) atoms. The predicted octanol–water partition coefficient (Wildman–Crippen LogP) is 0.973. The maximum atomic E-state index is 12.1. The summed E-state index contributed by atoms with van der Waals surface area (Å²) in [4.78, 5) is 16.2. The van der Waals surface area contributed by atoms with Crippen molar-refractivity contribution in [2.24, 2.45) is 0 Å². The van der Waals surface area contributed by atoms with Crippen LogP contribution in [0.1, 0.15) is 19.3 Å². The molecule has 1 atom stereocenters. The molecule has 1 unspecified atom stereocenters. The van der Waals surface area contributed by atoms with Gasteiger partial charge >= 0.3 is 6.09 Å². The van der Waals surface area contributed by atoms with Crippen LogP contribution in [0.25, 0.3) is 0 Å². The molecule has 0 bridgehead atoms. The minimum Gasteiger partial charge on any atom is -0.448 e. The van der Waals surface area contributed by atoms with Crippen LogP contribution in [0.3, 0.4) is 0 Å². The van der Waals surface area contributed by atoms with E-state index in [1.54, 1.807) is 12.0 Å². The maximum absolute atomic E-state index is 12.1. The first-order valence-corrected chi connectivity index (χ1v) is 8.61. The molecule has 0 radical (unpaired) electrons. The Balaban J connectivity index is 1.67. The van der Waals surface area contributed by atoms with Gasteiger partial charge in [-0.1, -0.05) is 6.42 Å². The molecule has 0 N–H and O–H groups in total. The van der Waals surface area contributed by atoms with Crippen LogP contribution in [0.5, 0.6) is 0 Å². The Morgan fingerprint density at radius 1 is 1.13 bits per heavy atom. The summed E-state index contributed by atoms with van der Waals surface area (Å²) in [6.45, 7) is 6.79. The van der Waals surface area contributed by atoms with Crippen LogP contribution in [0.4, 0.5) is 4.79 Å². The molecule has 0 aliphatic carbocycles. The van der Waals surface area contributed by atoms with Crippen LogP contribution < -0.4 is 0 Å². The zero-order chi connectivity index (χ0) is 16.3. The van der Waals surface area contributed by atoms with Crippen LogP contribution >= 0.6 is 0 Å². The average Bonchev–Trinajstić information content (AvgIpc) is 2.61. The highest BCUT2D eigenvalue weighted by atomic mass is 16.6. The van der Waals surface area contributed by atoms with Crippen LogP contribution in [-0.2, 0) is 18.9 Å². The highest BCUT2D eigenvalue weighted by molar-refractivity contribution is 5.67. The molecule has 134 valence electrons. The van der Waals surface area contributed by atoms with Gasteiger partial charge in [0.25, 0.3) is 0 Å². The molecule has 0 aromatic carbocycles. The number of piperidine rings is 1. The van der Waals surface area contributed by atoms with Gasteiger partial charge in [0.1, 0.15) is 6.61 Å². The largest absolute Gasteiger partial charge is 0.448 e. The lowest BCUT2D eigenvalue weighted by Crippen LogP contribution is -2.46. The predicted molar refractivity (Wildman–Crippen MR) is 85.6 cm³/mol. The first-order valence-electron chi connectivity index (χ1n) is 8.61. The first kappa shape index (κ1) is 18.4. The van der Waals surface area contributed by atoms with Gasteiger partial charge in [-0.3, -0.25) is 4.90 Å². The van der Waals surface area contributed by atoms with Crippen molar-refractivity contribution in [1.29, 1.82) is 0 Å². The van der Waals surface area contributed by atoms with Gasteiger partial charge in [-0.05, 0) is 19.4 Å². The van der Waals surface area contributed by atoms with Gasteiger partial charge in [-0.2, -0.15) is 0 Å². The van der Waals surface area contributed by atoms with E-state index in [1.165, 1.54) is 12.8 Å². The van der Waals surface area contributed by atoms with E-state index in [-0.39, 0.29) is 6.09 Å². The van der Waals surface area contributed by atoms with E-state index in [1.807, 2.05) is 0 Å². The Bertz CT molecular complexity index is 336. The van der Waals surface area contributed by atoms with Gasteiger partial charge in [0.05, 0.1) is 33.0 Å². The van der Waals surface area contributed by atoms with Crippen molar-refractivity contribution < 1.29 is 23.7 Å². The summed E-state index contributed by atoms with van der Waals surface area (Å²) in [5.74, 6) is 0. The topological polar surface area (TPSA) is 60.5 Å². The summed E-state index contributed by atoms with van der Waals surface area (Å²) in [5, 5.41) is 0. The molecule has 2 aliphatic heterocycles. The van der Waals surface area contributed by atoms with Crippen molar-refractivity contribution in [3.63, 3.8) is 0 Å². The van der Waals surface area contributed by atoms with E-state index in [9.17, 15) is 4.79 Å². The Hall–Kier alpha value is -0.890. The van der Waals surface area contributed by atoms with Crippen molar-refractivity contribution in [2.75, 3.05) is 72.9 Å². The van der Waals surface area contributed by atoms with Gasteiger partial charge < -0.3 is 23.8 Å². The van der Waals surface area contributed by atoms with E-state index >= 15 is 0 Å². The number of likely N-dealkylation sites (tertiary alicyclic amines) is 1. The molecule has 2 rings (SSSR count). The van der Waals surface area contributed by atoms with E-state index in [4.69, 9.17) is 18.9 Å². The fourth-order valence-corrected chi connectivity index (χ4v) is 2.97. The second kappa shape index (κ2) is 10.8. The first-order chi connectivity index (χ1) is 11.3. The number of amides is 1. The van der Waals surface area contributed by atoms with Gasteiger partial charge in [0.2, 0.25) is 0 Å². The summed E-state index contributed by atoms with van der Waals surface area (Å²) >= 11 is 0. The number of carbonyl (C=O) groups excluding carboxylic acids is 1. The summed E-state index contributed by atoms with van der Waals surface area (Å²) in [6.07, 6.45) is 3.26. The normalized spacial score (nSPS) is 23.0. The molecular formula is C16H30N2O5. The molecule has 0 saturated carbocycles. The minimum absolute atomic E-state index is 0.213. The number of morpholine rings is 1. The Kier molecular flexibility index (Phi) is 8.67. The Labute approximate surface area is 138 Å². The molecule has 2 saturated heterocycles. The summed E-state index contributed by atoms with van der Waals surface area (Å²) in [5.41, 5.74) is 0. The fourth-order valence-electron chi connectivity index (χ4n) is 2.97. The molecule has 2 aliphatic rings. The smallest absolute Gasteiger partial charge is 0.409 e. The quantitative estimate of drug-likeness (QED) is 0.618. The third-order valence-electron chi connectivity index (χ3n) is 4.37. The zero-order valence-corrected chi connectivity index (χ0v) is 14.2. The minimum atomic E-state index is -0.213. The third kappa shape index (κ3) is 6.63. The molecule has 7 nitrogen and oxygen atoms in total. The van der Waals surface area contributed by atoms with Gasteiger partial charge in [-0.15, -0.1) is 0 Å². The number of carbonyl (C=O) groups is 1. The highest BCUT2D eigenvalue weighted by Crippen LogP contribution is 2.17. The van der Waals surface area contributed by atoms with Crippen LogP contribution in [0.15, 0.2) is 0 Å². The van der Waals surface area contributed by atoms with E-state index in [0.29, 0.717) is 58.8 Å². The molecule has 1 amide bonds. The maximum Gasteiger partial charge on any atom is 0.409 e. The van der Waals surface area contributed by atoms with Crippen molar-refractivity contribution in [2.45, 2.75) is 25.3 Å². The molecular weight excluding hydrogens is 300 g/mol. The fraction of sp³-hybridized carbons (Fsp3) is 0.938. The van der Waals surface area contributed by atoms with E-state index < -0.39 is 0 Å². The number of hydrogen-bond donors (Lipinski definition) is 0. The van der Waals surface area contributed by atoms with Gasteiger partial charge in [-0.25, -0.2) is 4.79 Å². The molecule has 0 aromatic heterocycles.